The van der Waals surface area contributed by atoms with Crippen molar-refractivity contribution in [3.05, 3.63) is 35.9 Å². The van der Waals surface area contributed by atoms with Crippen LogP contribution in [0.25, 0.3) is 0 Å². The molecular formula is C13H18O2. The normalized spacial score (nSPS) is 12.3. The number of carboxylic acids is 1. The highest BCUT2D eigenvalue weighted by Gasteiger charge is 2.16. The van der Waals surface area contributed by atoms with Crippen molar-refractivity contribution in [2.75, 3.05) is 0 Å². The minimum atomic E-state index is -0.674. The van der Waals surface area contributed by atoms with Crippen LogP contribution in [0.2, 0.25) is 0 Å². The van der Waals surface area contributed by atoms with Crippen LogP contribution < -0.4 is 0 Å². The minimum Gasteiger partial charge on any atom is -0.481 e. The number of rotatable bonds is 6. The largest absolute Gasteiger partial charge is 0.481 e. The van der Waals surface area contributed by atoms with E-state index in [0.29, 0.717) is 6.42 Å². The molecule has 1 rings (SSSR count). The Morgan fingerprint density at radius 2 is 2.00 bits per heavy atom. The van der Waals surface area contributed by atoms with Crippen LogP contribution in [0.15, 0.2) is 30.3 Å². The SMILES string of the molecule is CCCC[C@H](Cc1ccccc1)C(=O)O. The third-order valence-corrected chi connectivity index (χ3v) is 2.58. The summed E-state index contributed by atoms with van der Waals surface area (Å²) < 4.78 is 0. The summed E-state index contributed by atoms with van der Waals surface area (Å²) in [5.41, 5.74) is 1.11. The first-order valence-electron chi connectivity index (χ1n) is 5.50. The van der Waals surface area contributed by atoms with Crippen LogP contribution in [0.3, 0.4) is 0 Å². The second kappa shape index (κ2) is 6.23. The van der Waals surface area contributed by atoms with Crippen LogP contribution >= 0.6 is 0 Å². The van der Waals surface area contributed by atoms with Crippen LogP contribution in [0.4, 0.5) is 0 Å². The molecule has 0 saturated heterocycles. The van der Waals surface area contributed by atoms with Gasteiger partial charge in [-0.1, -0.05) is 50.1 Å². The molecule has 0 amide bonds. The molecule has 0 unspecified atom stereocenters. The van der Waals surface area contributed by atoms with E-state index < -0.39 is 5.97 Å². The molecule has 15 heavy (non-hydrogen) atoms. The summed E-state index contributed by atoms with van der Waals surface area (Å²) in [5, 5.41) is 9.06. The molecule has 0 spiro atoms. The van der Waals surface area contributed by atoms with Gasteiger partial charge in [0.2, 0.25) is 0 Å². The van der Waals surface area contributed by atoms with Crippen LogP contribution in [0.5, 0.6) is 0 Å². The van der Waals surface area contributed by atoms with Crippen molar-refractivity contribution in [1.29, 1.82) is 0 Å². The van der Waals surface area contributed by atoms with Gasteiger partial charge in [0.1, 0.15) is 0 Å². The van der Waals surface area contributed by atoms with Gasteiger partial charge in [-0.25, -0.2) is 0 Å². The molecule has 2 nitrogen and oxygen atoms in total. The average molecular weight is 206 g/mol. The summed E-state index contributed by atoms with van der Waals surface area (Å²) in [6.45, 7) is 2.08. The highest BCUT2D eigenvalue weighted by Crippen LogP contribution is 2.15. The quantitative estimate of drug-likeness (QED) is 0.776. The summed E-state index contributed by atoms with van der Waals surface area (Å²) in [7, 11) is 0. The van der Waals surface area contributed by atoms with E-state index >= 15 is 0 Å². The lowest BCUT2D eigenvalue weighted by Crippen LogP contribution is -2.16. The van der Waals surface area contributed by atoms with E-state index in [4.69, 9.17) is 5.11 Å². The third kappa shape index (κ3) is 4.15. The van der Waals surface area contributed by atoms with E-state index in [2.05, 4.69) is 6.92 Å². The molecule has 1 aromatic carbocycles. The Morgan fingerprint density at radius 3 is 2.53 bits per heavy atom. The zero-order valence-corrected chi connectivity index (χ0v) is 9.15. The number of aliphatic carboxylic acids is 1. The summed E-state index contributed by atoms with van der Waals surface area (Å²) in [6.07, 6.45) is 3.47. The van der Waals surface area contributed by atoms with E-state index in [0.717, 1.165) is 24.8 Å². The van der Waals surface area contributed by atoms with Crippen molar-refractivity contribution in [3.8, 4) is 0 Å². The smallest absolute Gasteiger partial charge is 0.306 e. The molecule has 0 fully saturated rings. The molecule has 0 radical (unpaired) electrons. The van der Waals surface area contributed by atoms with E-state index in [1.165, 1.54) is 0 Å². The van der Waals surface area contributed by atoms with Crippen LogP contribution in [-0.4, -0.2) is 11.1 Å². The first-order chi connectivity index (χ1) is 7.24. The van der Waals surface area contributed by atoms with Gasteiger partial charge in [0.05, 0.1) is 5.92 Å². The van der Waals surface area contributed by atoms with Crippen molar-refractivity contribution in [3.63, 3.8) is 0 Å². The molecule has 0 aliphatic heterocycles. The van der Waals surface area contributed by atoms with Crippen molar-refractivity contribution in [2.45, 2.75) is 32.6 Å². The molecule has 0 heterocycles. The first kappa shape index (κ1) is 11.8. The highest BCUT2D eigenvalue weighted by molar-refractivity contribution is 5.70. The maximum absolute atomic E-state index is 11.0. The van der Waals surface area contributed by atoms with Crippen molar-refractivity contribution in [2.24, 2.45) is 5.92 Å². The fraction of sp³-hybridized carbons (Fsp3) is 0.462. The van der Waals surface area contributed by atoms with Crippen molar-refractivity contribution >= 4 is 5.97 Å². The van der Waals surface area contributed by atoms with Crippen LogP contribution in [0.1, 0.15) is 31.7 Å². The van der Waals surface area contributed by atoms with Gasteiger partial charge in [-0.15, -0.1) is 0 Å². The molecule has 0 aliphatic carbocycles. The summed E-state index contributed by atoms with van der Waals surface area (Å²) in [5.74, 6) is -0.903. The number of hydrogen-bond acceptors (Lipinski definition) is 1. The molecule has 1 atom stereocenters. The van der Waals surface area contributed by atoms with Crippen molar-refractivity contribution in [1.82, 2.24) is 0 Å². The van der Waals surface area contributed by atoms with E-state index in [1.54, 1.807) is 0 Å². The van der Waals surface area contributed by atoms with Gasteiger partial charge in [-0.05, 0) is 18.4 Å². The lowest BCUT2D eigenvalue weighted by molar-refractivity contribution is -0.141. The summed E-state index contributed by atoms with van der Waals surface area (Å²) >= 11 is 0. The van der Waals surface area contributed by atoms with E-state index in [9.17, 15) is 4.79 Å². The Balaban J connectivity index is 2.55. The summed E-state index contributed by atoms with van der Waals surface area (Å²) in [4.78, 5) is 11.0. The van der Waals surface area contributed by atoms with Crippen LogP contribution in [-0.2, 0) is 11.2 Å². The lowest BCUT2D eigenvalue weighted by Gasteiger charge is -2.11. The number of hydrogen-bond donors (Lipinski definition) is 1. The Labute approximate surface area is 90.9 Å². The minimum absolute atomic E-state index is 0.229. The molecule has 0 aromatic heterocycles. The summed E-state index contributed by atoms with van der Waals surface area (Å²) in [6, 6.07) is 9.83. The van der Waals surface area contributed by atoms with Gasteiger partial charge in [0.25, 0.3) is 0 Å². The van der Waals surface area contributed by atoms with Gasteiger partial charge in [0, 0.05) is 0 Å². The Bertz CT molecular complexity index is 293. The molecule has 0 saturated carbocycles. The zero-order valence-electron chi connectivity index (χ0n) is 9.15. The molecule has 0 bridgehead atoms. The fourth-order valence-corrected chi connectivity index (χ4v) is 1.66. The van der Waals surface area contributed by atoms with Gasteiger partial charge < -0.3 is 5.11 Å². The molecule has 1 N–H and O–H groups in total. The number of carboxylic acid groups (broad SMARTS) is 1. The molecule has 2 heteroatoms. The van der Waals surface area contributed by atoms with Crippen molar-refractivity contribution < 1.29 is 9.90 Å². The predicted octanol–water partition coefficient (Wildman–Crippen LogP) is 3.12. The van der Waals surface area contributed by atoms with Gasteiger partial charge in [0.15, 0.2) is 0 Å². The number of unbranched alkanes of at least 4 members (excludes halogenated alkanes) is 1. The van der Waals surface area contributed by atoms with E-state index in [-0.39, 0.29) is 5.92 Å². The number of carbonyl (C=O) groups is 1. The van der Waals surface area contributed by atoms with E-state index in [1.807, 2.05) is 30.3 Å². The first-order valence-corrected chi connectivity index (χ1v) is 5.50. The number of benzene rings is 1. The average Bonchev–Trinajstić information content (AvgIpc) is 2.25. The highest BCUT2D eigenvalue weighted by atomic mass is 16.4. The maximum Gasteiger partial charge on any atom is 0.306 e. The zero-order chi connectivity index (χ0) is 11.1. The van der Waals surface area contributed by atoms with Gasteiger partial charge in [-0.2, -0.15) is 0 Å². The second-order valence-electron chi connectivity index (χ2n) is 3.87. The molecule has 82 valence electrons. The molecule has 0 aliphatic rings. The Kier molecular flexibility index (Phi) is 4.88. The Hall–Kier alpha value is -1.31. The predicted molar refractivity (Wildman–Crippen MR) is 60.8 cm³/mol. The Morgan fingerprint density at radius 1 is 1.33 bits per heavy atom. The molecular weight excluding hydrogens is 188 g/mol. The maximum atomic E-state index is 11.0. The van der Waals surface area contributed by atoms with Crippen LogP contribution in [0, 0.1) is 5.92 Å². The second-order valence-corrected chi connectivity index (χ2v) is 3.87. The topological polar surface area (TPSA) is 37.3 Å². The lowest BCUT2D eigenvalue weighted by atomic mass is 9.94. The molecule has 1 aromatic rings. The van der Waals surface area contributed by atoms with Gasteiger partial charge >= 0.3 is 5.97 Å². The standard InChI is InChI=1S/C13H18O2/c1-2-3-9-12(13(14)15)10-11-7-5-4-6-8-11/h4-8,12H,2-3,9-10H2,1H3,(H,14,15)/t12-/m1/s1. The third-order valence-electron chi connectivity index (χ3n) is 2.58. The monoisotopic (exact) mass is 206 g/mol. The fourth-order valence-electron chi connectivity index (χ4n) is 1.66. The van der Waals surface area contributed by atoms with Gasteiger partial charge in [-0.3, -0.25) is 4.79 Å².